The number of nitrogens with zero attached hydrogens (tertiary/aromatic N) is 2. The van der Waals surface area contributed by atoms with Crippen LogP contribution in [0.2, 0.25) is 5.02 Å². The number of benzene rings is 1. The third kappa shape index (κ3) is 4.52. The molecule has 0 aliphatic carbocycles. The minimum absolute atomic E-state index is 0.0844. The van der Waals surface area contributed by atoms with Crippen LogP contribution in [0, 0.1) is 0 Å². The molecule has 1 aromatic heterocycles. The van der Waals surface area contributed by atoms with E-state index in [1.54, 1.807) is 9.80 Å². The topological polar surface area (TPSA) is 73.5 Å². The number of pyridine rings is 1. The van der Waals surface area contributed by atoms with Crippen molar-refractivity contribution in [3.8, 4) is 0 Å². The highest BCUT2D eigenvalue weighted by Crippen LogP contribution is 2.14. The van der Waals surface area contributed by atoms with Gasteiger partial charge in [0.25, 0.3) is 5.91 Å². The smallest absolute Gasteiger partial charge is 0.255 e. The quantitative estimate of drug-likeness (QED) is 0.890. The van der Waals surface area contributed by atoms with Gasteiger partial charge < -0.3 is 14.8 Å². The van der Waals surface area contributed by atoms with Crippen LogP contribution < -0.4 is 5.56 Å². The summed E-state index contributed by atoms with van der Waals surface area (Å²) < 4.78 is 0. The third-order valence-corrected chi connectivity index (χ3v) is 4.70. The molecule has 2 amide bonds. The maximum atomic E-state index is 12.4. The number of amides is 2. The van der Waals surface area contributed by atoms with E-state index in [0.717, 1.165) is 5.56 Å². The number of carbonyl (C=O) groups is 2. The molecule has 0 bridgehead atoms. The van der Waals surface area contributed by atoms with E-state index >= 15 is 0 Å². The number of halogens is 1. The lowest BCUT2D eigenvalue weighted by molar-refractivity contribution is -0.132. The van der Waals surface area contributed by atoms with Crippen LogP contribution in [0.3, 0.4) is 0 Å². The molecule has 1 aliphatic heterocycles. The normalized spacial score (nSPS) is 14.3. The first-order valence-corrected chi connectivity index (χ1v) is 8.91. The van der Waals surface area contributed by atoms with Gasteiger partial charge in [0, 0.05) is 49.9 Å². The Kier molecular flexibility index (Phi) is 5.73. The number of aromatic amines is 1. The number of hydrogen-bond acceptors (Lipinski definition) is 3. The van der Waals surface area contributed by atoms with Gasteiger partial charge in [0.05, 0.1) is 5.56 Å². The van der Waals surface area contributed by atoms with E-state index in [1.165, 1.54) is 18.3 Å². The van der Waals surface area contributed by atoms with Gasteiger partial charge in [0.1, 0.15) is 0 Å². The number of aryl methyl sites for hydroxylation is 1. The Morgan fingerprint density at radius 1 is 1.04 bits per heavy atom. The molecule has 136 valence electrons. The highest BCUT2D eigenvalue weighted by Gasteiger charge is 2.24. The SMILES string of the molecule is O=C(CCc1cccc(Cl)c1)N1CCN(C(=O)c2ccc(=O)[nH]c2)CC1. The van der Waals surface area contributed by atoms with Crippen molar-refractivity contribution >= 4 is 23.4 Å². The lowest BCUT2D eigenvalue weighted by Crippen LogP contribution is -2.50. The first-order chi connectivity index (χ1) is 12.5. The van der Waals surface area contributed by atoms with Crippen LogP contribution in [0.25, 0.3) is 0 Å². The summed E-state index contributed by atoms with van der Waals surface area (Å²) in [4.78, 5) is 41.9. The molecule has 0 saturated carbocycles. The fourth-order valence-electron chi connectivity index (χ4n) is 2.99. The second-order valence-corrected chi connectivity index (χ2v) is 6.68. The molecule has 7 heteroatoms. The highest BCUT2D eigenvalue weighted by molar-refractivity contribution is 6.30. The van der Waals surface area contributed by atoms with Gasteiger partial charge in [0.15, 0.2) is 0 Å². The van der Waals surface area contributed by atoms with Crippen molar-refractivity contribution in [3.63, 3.8) is 0 Å². The molecule has 0 spiro atoms. The van der Waals surface area contributed by atoms with Crippen LogP contribution in [-0.2, 0) is 11.2 Å². The van der Waals surface area contributed by atoms with Crippen LogP contribution >= 0.6 is 11.6 Å². The fourth-order valence-corrected chi connectivity index (χ4v) is 3.20. The summed E-state index contributed by atoms with van der Waals surface area (Å²) in [5, 5.41) is 0.671. The van der Waals surface area contributed by atoms with Crippen LogP contribution in [0.4, 0.5) is 0 Å². The third-order valence-electron chi connectivity index (χ3n) is 4.47. The molecule has 3 rings (SSSR count). The van der Waals surface area contributed by atoms with Gasteiger partial charge in [-0.2, -0.15) is 0 Å². The summed E-state index contributed by atoms with van der Waals surface area (Å²) in [6.45, 7) is 2.01. The summed E-state index contributed by atoms with van der Waals surface area (Å²) >= 11 is 5.96. The van der Waals surface area contributed by atoms with Gasteiger partial charge in [-0.05, 0) is 30.2 Å². The maximum absolute atomic E-state index is 12.4. The first-order valence-electron chi connectivity index (χ1n) is 8.53. The summed E-state index contributed by atoms with van der Waals surface area (Å²) in [6, 6.07) is 10.4. The molecule has 1 N–H and O–H groups in total. The predicted molar refractivity (Wildman–Crippen MR) is 99.3 cm³/mol. The minimum atomic E-state index is -0.239. The van der Waals surface area contributed by atoms with E-state index in [4.69, 9.17) is 11.6 Å². The Bertz CT molecular complexity index is 837. The Labute approximate surface area is 156 Å². The van der Waals surface area contributed by atoms with E-state index in [2.05, 4.69) is 4.98 Å². The van der Waals surface area contributed by atoms with E-state index < -0.39 is 0 Å². The Morgan fingerprint density at radius 2 is 1.77 bits per heavy atom. The zero-order valence-electron chi connectivity index (χ0n) is 14.3. The van der Waals surface area contributed by atoms with Gasteiger partial charge in [-0.25, -0.2) is 0 Å². The molecule has 1 fully saturated rings. The average molecular weight is 374 g/mol. The molecule has 1 aromatic carbocycles. The Hall–Kier alpha value is -2.60. The second kappa shape index (κ2) is 8.19. The number of hydrogen-bond donors (Lipinski definition) is 1. The average Bonchev–Trinajstić information content (AvgIpc) is 2.66. The summed E-state index contributed by atoms with van der Waals surface area (Å²) in [5.41, 5.74) is 1.25. The maximum Gasteiger partial charge on any atom is 0.255 e. The zero-order valence-corrected chi connectivity index (χ0v) is 15.0. The van der Waals surface area contributed by atoms with Crippen molar-refractivity contribution < 1.29 is 9.59 Å². The number of aromatic nitrogens is 1. The zero-order chi connectivity index (χ0) is 18.5. The summed E-state index contributed by atoms with van der Waals surface area (Å²) in [6.07, 6.45) is 2.50. The van der Waals surface area contributed by atoms with Crippen LogP contribution in [0.5, 0.6) is 0 Å². The largest absolute Gasteiger partial charge is 0.339 e. The molecule has 2 aromatic rings. The molecule has 2 heterocycles. The monoisotopic (exact) mass is 373 g/mol. The lowest BCUT2D eigenvalue weighted by Gasteiger charge is -2.34. The Balaban J connectivity index is 1.49. The molecule has 6 nitrogen and oxygen atoms in total. The molecule has 0 radical (unpaired) electrons. The highest BCUT2D eigenvalue weighted by atomic mass is 35.5. The van der Waals surface area contributed by atoms with E-state index in [-0.39, 0.29) is 17.4 Å². The van der Waals surface area contributed by atoms with Gasteiger partial charge >= 0.3 is 0 Å². The van der Waals surface area contributed by atoms with Crippen molar-refractivity contribution in [1.82, 2.24) is 14.8 Å². The van der Waals surface area contributed by atoms with Crippen molar-refractivity contribution in [3.05, 3.63) is 69.1 Å². The number of rotatable bonds is 4. The first kappa shape index (κ1) is 18.2. The minimum Gasteiger partial charge on any atom is -0.339 e. The Morgan fingerprint density at radius 3 is 2.42 bits per heavy atom. The van der Waals surface area contributed by atoms with Crippen molar-refractivity contribution in [1.29, 1.82) is 0 Å². The van der Waals surface area contributed by atoms with E-state index in [0.29, 0.717) is 49.6 Å². The van der Waals surface area contributed by atoms with Gasteiger partial charge in [-0.3, -0.25) is 14.4 Å². The van der Waals surface area contributed by atoms with Crippen LogP contribution in [0.1, 0.15) is 22.3 Å². The van der Waals surface area contributed by atoms with Gasteiger partial charge in [0.2, 0.25) is 11.5 Å². The van der Waals surface area contributed by atoms with Gasteiger partial charge in [-0.15, -0.1) is 0 Å². The fraction of sp³-hybridized carbons (Fsp3) is 0.316. The number of piperazine rings is 1. The van der Waals surface area contributed by atoms with Crippen LogP contribution in [0.15, 0.2) is 47.4 Å². The van der Waals surface area contributed by atoms with E-state index in [9.17, 15) is 14.4 Å². The van der Waals surface area contributed by atoms with Crippen molar-refractivity contribution in [2.24, 2.45) is 0 Å². The van der Waals surface area contributed by atoms with Crippen molar-refractivity contribution in [2.75, 3.05) is 26.2 Å². The van der Waals surface area contributed by atoms with E-state index in [1.807, 2.05) is 24.3 Å². The molecular weight excluding hydrogens is 354 g/mol. The van der Waals surface area contributed by atoms with Crippen molar-refractivity contribution in [2.45, 2.75) is 12.8 Å². The standard InChI is InChI=1S/C19H20ClN3O3/c20-16-3-1-2-14(12-16)4-7-18(25)22-8-10-23(11-9-22)19(26)15-5-6-17(24)21-13-15/h1-3,5-6,12-13H,4,7-11H2,(H,21,24). The van der Waals surface area contributed by atoms with Crippen LogP contribution in [-0.4, -0.2) is 52.8 Å². The summed E-state index contributed by atoms with van der Waals surface area (Å²) in [5.74, 6) is -0.0478. The molecule has 1 aliphatic rings. The molecule has 0 atom stereocenters. The summed E-state index contributed by atoms with van der Waals surface area (Å²) in [7, 11) is 0. The lowest BCUT2D eigenvalue weighted by atomic mass is 10.1. The molecule has 0 unspecified atom stereocenters. The number of carbonyl (C=O) groups excluding carboxylic acids is 2. The number of nitrogens with one attached hydrogen (secondary N) is 1. The molecular formula is C19H20ClN3O3. The molecule has 1 saturated heterocycles. The predicted octanol–water partition coefficient (Wildman–Crippen LogP) is 1.95. The number of H-pyrrole nitrogens is 1. The molecule has 26 heavy (non-hydrogen) atoms. The second-order valence-electron chi connectivity index (χ2n) is 6.24. The van der Waals surface area contributed by atoms with Gasteiger partial charge in [-0.1, -0.05) is 23.7 Å².